The molecule has 140 valence electrons. The van der Waals surface area contributed by atoms with Gasteiger partial charge in [0, 0.05) is 17.6 Å². The van der Waals surface area contributed by atoms with Crippen LogP contribution in [0, 0.1) is 31.0 Å². The molecule has 28 heavy (non-hydrogen) atoms. The summed E-state index contributed by atoms with van der Waals surface area (Å²) in [5.41, 5.74) is 0.975. The van der Waals surface area contributed by atoms with Crippen LogP contribution < -0.4 is 10.6 Å². The monoisotopic (exact) mass is 395 g/mol. The Kier molecular flexibility index (Phi) is 5.42. The van der Waals surface area contributed by atoms with Gasteiger partial charge in [0.25, 0.3) is 11.8 Å². The number of carbonyl (C=O) groups is 2. The van der Waals surface area contributed by atoms with Gasteiger partial charge in [-0.15, -0.1) is 11.3 Å². The Morgan fingerprint density at radius 1 is 1.14 bits per heavy atom. The number of nitrogens with one attached hydrogen (secondary N) is 2. The molecule has 3 aromatic rings. The van der Waals surface area contributed by atoms with Gasteiger partial charge in [-0.2, -0.15) is 5.26 Å². The number of pyridine rings is 1. The molecule has 7 nitrogen and oxygen atoms in total. The average molecular weight is 395 g/mol. The standard InChI is InChI=1S/C19H14FN5O2S/c1-10-5-15(20)14(18(26)24-12-3-4-22-13(6-12)8-21)7-16(10)25-19(27)17-9-23-11(2)28-17/h3-7,9H,1-2H3,(H,25,27)(H,22,24,26). The second-order valence-corrected chi connectivity index (χ2v) is 7.08. The third-order valence-corrected chi connectivity index (χ3v) is 4.70. The van der Waals surface area contributed by atoms with E-state index >= 15 is 0 Å². The number of aryl methyl sites for hydroxylation is 2. The van der Waals surface area contributed by atoms with Crippen molar-refractivity contribution in [3.05, 3.63) is 69.2 Å². The van der Waals surface area contributed by atoms with E-state index in [1.165, 1.54) is 48.0 Å². The molecule has 0 atom stereocenters. The summed E-state index contributed by atoms with van der Waals surface area (Å²) in [5.74, 6) is -1.83. The summed E-state index contributed by atoms with van der Waals surface area (Å²) in [6.07, 6.45) is 2.82. The Balaban J connectivity index is 1.85. The number of halogens is 1. The van der Waals surface area contributed by atoms with Crippen LogP contribution in [0.15, 0.2) is 36.7 Å². The lowest BCUT2D eigenvalue weighted by molar-refractivity contribution is 0.101. The number of amides is 2. The maximum absolute atomic E-state index is 14.3. The smallest absolute Gasteiger partial charge is 0.267 e. The van der Waals surface area contributed by atoms with E-state index in [1.807, 2.05) is 6.07 Å². The number of hydrogen-bond acceptors (Lipinski definition) is 6. The maximum Gasteiger partial charge on any atom is 0.267 e. The summed E-state index contributed by atoms with van der Waals surface area (Å²) in [4.78, 5) is 33.1. The van der Waals surface area contributed by atoms with Crippen LogP contribution in [0.3, 0.4) is 0 Å². The minimum Gasteiger partial charge on any atom is -0.322 e. The van der Waals surface area contributed by atoms with Crippen molar-refractivity contribution in [3.63, 3.8) is 0 Å². The molecule has 0 aliphatic heterocycles. The number of anilines is 2. The van der Waals surface area contributed by atoms with E-state index < -0.39 is 11.7 Å². The molecule has 0 fully saturated rings. The third-order valence-electron chi connectivity index (χ3n) is 3.78. The zero-order valence-electron chi connectivity index (χ0n) is 14.9. The molecule has 0 bridgehead atoms. The molecule has 2 heterocycles. The van der Waals surface area contributed by atoms with Gasteiger partial charge in [0.15, 0.2) is 0 Å². The highest BCUT2D eigenvalue weighted by Crippen LogP contribution is 2.23. The van der Waals surface area contributed by atoms with E-state index in [-0.39, 0.29) is 17.2 Å². The predicted octanol–water partition coefficient (Wildman–Crippen LogP) is 3.67. The van der Waals surface area contributed by atoms with Crippen LogP contribution in [-0.4, -0.2) is 21.8 Å². The molecule has 9 heteroatoms. The molecule has 2 N–H and O–H groups in total. The summed E-state index contributed by atoms with van der Waals surface area (Å²) in [6.45, 7) is 3.41. The first-order valence-corrected chi connectivity index (χ1v) is 8.90. The molecule has 0 saturated heterocycles. The van der Waals surface area contributed by atoms with Crippen LogP contribution in [0.1, 0.15) is 36.3 Å². The molecule has 2 aromatic heterocycles. The number of thiazole rings is 1. The molecule has 0 aliphatic carbocycles. The highest BCUT2D eigenvalue weighted by atomic mass is 32.1. The predicted molar refractivity (Wildman–Crippen MR) is 103 cm³/mol. The van der Waals surface area contributed by atoms with E-state index in [0.29, 0.717) is 21.8 Å². The van der Waals surface area contributed by atoms with Gasteiger partial charge >= 0.3 is 0 Å². The largest absolute Gasteiger partial charge is 0.322 e. The first-order chi connectivity index (χ1) is 13.4. The lowest BCUT2D eigenvalue weighted by Crippen LogP contribution is -2.17. The number of nitrogens with zero attached hydrogens (tertiary/aromatic N) is 3. The topological polar surface area (TPSA) is 108 Å². The number of carbonyl (C=O) groups excluding carboxylic acids is 2. The zero-order chi connectivity index (χ0) is 20.3. The number of aromatic nitrogens is 2. The molecular formula is C19H14FN5O2S. The van der Waals surface area contributed by atoms with Crippen molar-refractivity contribution in [1.29, 1.82) is 5.26 Å². The van der Waals surface area contributed by atoms with Gasteiger partial charge in [0.2, 0.25) is 0 Å². The van der Waals surface area contributed by atoms with Crippen molar-refractivity contribution in [1.82, 2.24) is 9.97 Å². The number of nitriles is 1. The molecule has 3 rings (SSSR count). The van der Waals surface area contributed by atoms with Crippen molar-refractivity contribution in [2.45, 2.75) is 13.8 Å². The van der Waals surface area contributed by atoms with Gasteiger partial charge in [0.05, 0.1) is 16.8 Å². The molecular weight excluding hydrogens is 381 g/mol. The lowest BCUT2D eigenvalue weighted by atomic mass is 10.1. The summed E-state index contributed by atoms with van der Waals surface area (Å²) >= 11 is 1.23. The van der Waals surface area contributed by atoms with Crippen molar-refractivity contribution in [2.75, 3.05) is 10.6 Å². The minimum atomic E-state index is -0.726. The molecule has 0 saturated carbocycles. The first kappa shape index (κ1) is 19.1. The fraction of sp³-hybridized carbons (Fsp3) is 0.105. The van der Waals surface area contributed by atoms with Gasteiger partial charge < -0.3 is 10.6 Å². The Morgan fingerprint density at radius 3 is 2.61 bits per heavy atom. The minimum absolute atomic E-state index is 0.120. The van der Waals surface area contributed by atoms with Gasteiger partial charge in [-0.25, -0.2) is 14.4 Å². The Hall–Kier alpha value is -3.64. The Morgan fingerprint density at radius 2 is 1.93 bits per heavy atom. The van der Waals surface area contributed by atoms with Gasteiger partial charge in [-0.05, 0) is 43.7 Å². The van der Waals surface area contributed by atoms with E-state index in [0.717, 1.165) is 5.01 Å². The number of rotatable bonds is 4. The van der Waals surface area contributed by atoms with Gasteiger partial charge in [-0.1, -0.05) is 0 Å². The normalized spacial score (nSPS) is 10.2. The SMILES string of the molecule is Cc1ncc(C(=O)Nc2cc(C(=O)Nc3ccnc(C#N)c3)c(F)cc2C)s1. The van der Waals surface area contributed by atoms with Crippen LogP contribution in [0.4, 0.5) is 15.8 Å². The van der Waals surface area contributed by atoms with Crippen molar-refractivity contribution < 1.29 is 14.0 Å². The van der Waals surface area contributed by atoms with Crippen molar-refractivity contribution >= 4 is 34.5 Å². The molecule has 0 unspecified atom stereocenters. The Labute approximate surface area is 163 Å². The van der Waals surface area contributed by atoms with Gasteiger partial charge in [-0.3, -0.25) is 9.59 Å². The van der Waals surface area contributed by atoms with Crippen LogP contribution in [0.5, 0.6) is 0 Å². The molecule has 1 aromatic carbocycles. The highest BCUT2D eigenvalue weighted by molar-refractivity contribution is 7.13. The highest BCUT2D eigenvalue weighted by Gasteiger charge is 2.17. The van der Waals surface area contributed by atoms with Crippen molar-refractivity contribution in [3.8, 4) is 6.07 Å². The second-order valence-electron chi connectivity index (χ2n) is 5.84. The fourth-order valence-electron chi connectivity index (χ4n) is 2.40. The van der Waals surface area contributed by atoms with E-state index in [4.69, 9.17) is 5.26 Å². The molecule has 2 amide bonds. The molecule has 0 radical (unpaired) electrons. The summed E-state index contributed by atoms with van der Waals surface area (Å²) in [6, 6.07) is 7.17. The number of benzene rings is 1. The van der Waals surface area contributed by atoms with E-state index in [2.05, 4.69) is 20.6 Å². The van der Waals surface area contributed by atoms with E-state index in [9.17, 15) is 14.0 Å². The summed E-state index contributed by atoms with van der Waals surface area (Å²) in [5, 5.41) is 14.8. The van der Waals surface area contributed by atoms with E-state index in [1.54, 1.807) is 13.8 Å². The fourth-order valence-corrected chi connectivity index (χ4v) is 3.07. The quantitative estimate of drug-likeness (QED) is 0.701. The first-order valence-electron chi connectivity index (χ1n) is 8.09. The molecule has 0 aliphatic rings. The lowest BCUT2D eigenvalue weighted by Gasteiger charge is -2.12. The third kappa shape index (κ3) is 4.19. The second kappa shape index (κ2) is 7.94. The zero-order valence-corrected chi connectivity index (χ0v) is 15.7. The summed E-state index contributed by atoms with van der Waals surface area (Å²) in [7, 11) is 0. The van der Waals surface area contributed by atoms with Crippen LogP contribution in [0.25, 0.3) is 0 Å². The number of hydrogen-bond donors (Lipinski definition) is 2. The Bertz CT molecular complexity index is 1120. The van der Waals surface area contributed by atoms with Crippen LogP contribution in [-0.2, 0) is 0 Å². The molecule has 0 spiro atoms. The van der Waals surface area contributed by atoms with Crippen LogP contribution in [0.2, 0.25) is 0 Å². The van der Waals surface area contributed by atoms with Crippen LogP contribution >= 0.6 is 11.3 Å². The van der Waals surface area contributed by atoms with Gasteiger partial charge in [0.1, 0.15) is 22.5 Å². The average Bonchev–Trinajstić information content (AvgIpc) is 3.10. The van der Waals surface area contributed by atoms with Crippen molar-refractivity contribution in [2.24, 2.45) is 0 Å². The maximum atomic E-state index is 14.3. The summed E-state index contributed by atoms with van der Waals surface area (Å²) < 4.78 is 14.3.